The van der Waals surface area contributed by atoms with E-state index in [-0.39, 0.29) is 0 Å². The second-order valence-electron chi connectivity index (χ2n) is 6.42. The van der Waals surface area contributed by atoms with Crippen molar-refractivity contribution in [3.05, 3.63) is 0 Å². The molecule has 0 spiro atoms. The molecule has 0 aromatic carbocycles. The number of hydrogen-bond donors (Lipinski definition) is 1. The Morgan fingerprint density at radius 3 is 1.10 bits per heavy atom. The number of nitrogens with two attached hydrogens (primary N) is 1. The van der Waals surface area contributed by atoms with E-state index in [1.54, 1.807) is 20.8 Å². The van der Waals surface area contributed by atoms with Crippen molar-refractivity contribution in [2.24, 2.45) is 5.73 Å². The van der Waals surface area contributed by atoms with Gasteiger partial charge >= 0.3 is 8.80 Å². The van der Waals surface area contributed by atoms with Crippen molar-refractivity contribution < 1.29 is 41.7 Å². The molecule has 0 aromatic heterocycles. The topological polar surface area (TPSA) is 109 Å². The first-order chi connectivity index (χ1) is 13.5. The van der Waals surface area contributed by atoms with Crippen molar-refractivity contribution in [1.29, 1.82) is 0 Å². The fraction of sp³-hybridized carbons (Fsp3) is 1.00. The van der Waals surface area contributed by atoms with Crippen molar-refractivity contribution in [1.82, 2.24) is 0 Å². The molecule has 4 unspecified atom stereocenters. The fourth-order valence-electron chi connectivity index (χ4n) is 2.49. The zero-order valence-corrected chi connectivity index (χ0v) is 20.7. The quantitative estimate of drug-likeness (QED) is 0.266. The van der Waals surface area contributed by atoms with Crippen LogP contribution in [-0.4, -0.2) is 73.5 Å². The predicted molar refractivity (Wildman–Crippen MR) is 108 cm³/mol. The molecule has 0 bridgehead atoms. The Labute approximate surface area is 176 Å². The number of hydrogen-bond acceptors (Lipinski definition) is 10. The van der Waals surface area contributed by atoms with Crippen LogP contribution >= 0.6 is 0 Å². The maximum Gasteiger partial charge on any atom is 0.530 e. The summed E-state index contributed by atoms with van der Waals surface area (Å²) < 4.78 is 52.1. The average Bonchev–Trinajstić information content (AvgIpc) is 2.67. The third-order valence-electron chi connectivity index (χ3n) is 4.21. The highest BCUT2D eigenvalue weighted by Gasteiger charge is 2.60. The largest absolute Gasteiger partial charge is 0.530 e. The van der Waals surface area contributed by atoms with Crippen LogP contribution in [0.4, 0.5) is 0 Å². The Morgan fingerprint density at radius 1 is 0.655 bits per heavy atom. The van der Waals surface area contributed by atoms with Crippen molar-refractivity contribution in [3.8, 4) is 0 Å². The molecular formula is C18H41NO9Si. The Bertz CT molecular complexity index is 406. The van der Waals surface area contributed by atoms with Gasteiger partial charge in [-0.1, -0.05) is 6.92 Å². The van der Waals surface area contributed by atoms with E-state index in [2.05, 4.69) is 0 Å². The number of ether oxygens (including phenoxy) is 6. The molecule has 29 heavy (non-hydrogen) atoms. The van der Waals surface area contributed by atoms with E-state index in [0.29, 0.717) is 26.2 Å². The average molecular weight is 444 g/mol. The zero-order valence-electron chi connectivity index (χ0n) is 19.7. The lowest BCUT2D eigenvalue weighted by atomic mass is 10.5. The molecule has 0 saturated heterocycles. The Hall–Kier alpha value is -0.183. The van der Waals surface area contributed by atoms with Gasteiger partial charge in [-0.3, -0.25) is 0 Å². The van der Waals surface area contributed by atoms with E-state index >= 15 is 0 Å². The Balaban J connectivity index is 6.41. The highest BCUT2D eigenvalue weighted by Crippen LogP contribution is 2.34. The van der Waals surface area contributed by atoms with E-state index in [4.69, 9.17) is 47.4 Å². The molecule has 0 heterocycles. The first kappa shape index (κ1) is 28.8. The standard InChI is InChI=1S/C18H41NO9Si/c1-11-15(19)29(26-16(5,20-8)23-12-2,27-17(6,21-9)24-13-3)28-18(7,22-10)25-14-4/h15H,11-14,19H2,1-10H3. The molecule has 0 aromatic rings. The van der Waals surface area contributed by atoms with Crippen molar-refractivity contribution in [3.63, 3.8) is 0 Å². The van der Waals surface area contributed by atoms with E-state index < -0.39 is 32.4 Å². The lowest BCUT2D eigenvalue weighted by Crippen LogP contribution is -2.70. The summed E-state index contributed by atoms with van der Waals surface area (Å²) in [5.74, 6) is -4.51. The smallest absolute Gasteiger partial charge is 0.332 e. The molecule has 176 valence electrons. The van der Waals surface area contributed by atoms with Crippen LogP contribution < -0.4 is 5.73 Å². The molecule has 10 nitrogen and oxygen atoms in total. The van der Waals surface area contributed by atoms with Crippen LogP contribution in [0.1, 0.15) is 54.9 Å². The van der Waals surface area contributed by atoms with Gasteiger partial charge in [0.1, 0.15) is 0 Å². The lowest BCUT2D eigenvalue weighted by molar-refractivity contribution is -0.396. The minimum absolute atomic E-state index is 0.316. The van der Waals surface area contributed by atoms with E-state index in [9.17, 15) is 0 Å². The van der Waals surface area contributed by atoms with Crippen LogP contribution in [-0.2, 0) is 41.7 Å². The summed E-state index contributed by atoms with van der Waals surface area (Å²) in [6.45, 7) is 13.1. The summed E-state index contributed by atoms with van der Waals surface area (Å²) in [4.78, 5) is 0. The summed E-state index contributed by atoms with van der Waals surface area (Å²) in [5.41, 5.74) is 5.77. The lowest BCUT2D eigenvalue weighted by Gasteiger charge is -2.46. The highest BCUT2D eigenvalue weighted by molar-refractivity contribution is 6.62. The third kappa shape index (κ3) is 8.46. The summed E-state index contributed by atoms with van der Waals surface area (Å²) in [5, 5.41) is 0. The molecule has 0 amide bonds. The molecule has 4 atom stereocenters. The molecule has 11 heteroatoms. The molecule has 2 N–H and O–H groups in total. The van der Waals surface area contributed by atoms with Gasteiger partial charge in [-0.05, 0) is 27.2 Å². The van der Waals surface area contributed by atoms with E-state index in [1.165, 1.54) is 21.3 Å². The molecule has 0 saturated carbocycles. The van der Waals surface area contributed by atoms with Crippen molar-refractivity contribution in [2.75, 3.05) is 41.2 Å². The van der Waals surface area contributed by atoms with Gasteiger partial charge in [-0.25, -0.2) is 0 Å². The first-order valence-electron chi connectivity index (χ1n) is 9.90. The van der Waals surface area contributed by atoms with Crippen molar-refractivity contribution in [2.45, 2.75) is 78.5 Å². The highest BCUT2D eigenvalue weighted by atomic mass is 28.4. The normalized spacial score (nSPS) is 21.6. The molecule has 0 fully saturated rings. The van der Waals surface area contributed by atoms with Crippen LogP contribution in [0, 0.1) is 0 Å². The zero-order chi connectivity index (χ0) is 22.8. The van der Waals surface area contributed by atoms with Gasteiger partial charge in [0, 0.05) is 61.9 Å². The summed E-state index contributed by atoms with van der Waals surface area (Å²) >= 11 is 0. The SMILES string of the molecule is CCOC(C)(OC)O[Si](OC(C)(OC)OCC)(OC(C)(OC)OCC)C(N)CC. The van der Waals surface area contributed by atoms with Crippen LogP contribution in [0.3, 0.4) is 0 Å². The third-order valence-corrected chi connectivity index (χ3v) is 7.49. The molecule has 0 rings (SSSR count). The monoisotopic (exact) mass is 443 g/mol. The molecular weight excluding hydrogens is 402 g/mol. The van der Waals surface area contributed by atoms with Gasteiger partial charge < -0.3 is 47.4 Å². The predicted octanol–water partition coefficient (Wildman–Crippen LogP) is 2.32. The van der Waals surface area contributed by atoms with Crippen LogP contribution in [0.25, 0.3) is 0 Å². The molecule has 0 aliphatic rings. The fourth-order valence-corrected chi connectivity index (χ4v) is 5.55. The maximum absolute atomic E-state index is 6.48. The minimum Gasteiger partial charge on any atom is -0.332 e. The van der Waals surface area contributed by atoms with E-state index in [0.717, 1.165) is 0 Å². The maximum atomic E-state index is 6.48. The van der Waals surface area contributed by atoms with Gasteiger partial charge in [0.2, 0.25) is 0 Å². The van der Waals surface area contributed by atoms with Crippen LogP contribution in [0.15, 0.2) is 0 Å². The summed E-state index contributed by atoms with van der Waals surface area (Å²) in [6, 6.07) is 0. The molecule has 0 aliphatic carbocycles. The number of rotatable bonds is 17. The molecule has 0 radical (unpaired) electrons. The van der Waals surface area contributed by atoms with Crippen LogP contribution in [0.2, 0.25) is 0 Å². The first-order valence-corrected chi connectivity index (χ1v) is 11.7. The van der Waals surface area contributed by atoms with Gasteiger partial charge in [0.15, 0.2) is 0 Å². The molecule has 0 aliphatic heterocycles. The Morgan fingerprint density at radius 2 is 0.931 bits per heavy atom. The number of methoxy groups -OCH3 is 3. The minimum atomic E-state index is -3.95. The van der Waals surface area contributed by atoms with Crippen LogP contribution in [0.5, 0.6) is 0 Å². The van der Waals surface area contributed by atoms with E-state index in [1.807, 2.05) is 27.7 Å². The summed E-state index contributed by atoms with van der Waals surface area (Å²) in [7, 11) is 0.388. The van der Waals surface area contributed by atoms with Gasteiger partial charge in [0.25, 0.3) is 17.9 Å². The van der Waals surface area contributed by atoms with Gasteiger partial charge in [-0.2, -0.15) is 0 Å². The van der Waals surface area contributed by atoms with Crippen molar-refractivity contribution >= 4 is 8.80 Å². The van der Waals surface area contributed by atoms with Gasteiger partial charge in [0.05, 0.1) is 5.67 Å². The summed E-state index contributed by atoms with van der Waals surface area (Å²) in [6.07, 6.45) is 0.454. The second kappa shape index (κ2) is 12.6. The van der Waals surface area contributed by atoms with Gasteiger partial charge in [-0.15, -0.1) is 0 Å². The Kier molecular flexibility index (Phi) is 12.5. The second-order valence-corrected chi connectivity index (χ2v) is 8.98.